The molecule has 1 amide bonds. The van der Waals surface area contributed by atoms with Gasteiger partial charge in [0.2, 0.25) is 5.91 Å². The van der Waals surface area contributed by atoms with Gasteiger partial charge in [-0.3, -0.25) is 4.79 Å². The number of benzene rings is 1. The molecule has 3 nitrogen and oxygen atoms in total. The molecule has 1 atom stereocenters. The van der Waals surface area contributed by atoms with Gasteiger partial charge in [0, 0.05) is 18.5 Å². The molecule has 0 radical (unpaired) electrons. The van der Waals surface area contributed by atoms with Crippen LogP contribution in [0.25, 0.3) is 0 Å². The average Bonchev–Trinajstić information content (AvgIpc) is 2.68. The maximum Gasteiger partial charge on any atom is 0.222 e. The van der Waals surface area contributed by atoms with Crippen molar-refractivity contribution in [3.8, 4) is 0 Å². The summed E-state index contributed by atoms with van der Waals surface area (Å²) < 4.78 is 26.3. The number of amides is 1. The number of hydrogen-bond acceptors (Lipinski definition) is 2. The van der Waals surface area contributed by atoms with E-state index in [0.717, 1.165) is 12.5 Å². The van der Waals surface area contributed by atoms with Crippen molar-refractivity contribution < 1.29 is 18.7 Å². The van der Waals surface area contributed by atoms with E-state index in [9.17, 15) is 18.7 Å². The van der Waals surface area contributed by atoms with E-state index < -0.39 is 17.7 Å². The zero-order valence-corrected chi connectivity index (χ0v) is 9.20. The maximum atomic E-state index is 13.4. The summed E-state index contributed by atoms with van der Waals surface area (Å²) in [6.45, 7) is 0.575. The summed E-state index contributed by atoms with van der Waals surface area (Å²) in [5, 5.41) is 9.80. The summed E-state index contributed by atoms with van der Waals surface area (Å²) in [6.07, 6.45) is 0.0166. The van der Waals surface area contributed by atoms with Crippen molar-refractivity contribution in [2.45, 2.75) is 18.9 Å². The fourth-order valence-electron chi connectivity index (χ4n) is 1.98. The third kappa shape index (κ3) is 2.44. The van der Waals surface area contributed by atoms with Crippen molar-refractivity contribution in [3.63, 3.8) is 0 Å². The minimum atomic E-state index is -1.19. The third-order valence-electron chi connectivity index (χ3n) is 2.91. The standard InChI is InChI=1S/C12H13F2NO2/c13-9-4-1-3-8(12(9)14)10(16)7-15-6-2-5-11(15)17/h1,3-4,10,16H,2,5-7H2. The zero-order chi connectivity index (χ0) is 12.4. The van der Waals surface area contributed by atoms with Crippen molar-refractivity contribution in [2.24, 2.45) is 0 Å². The Bertz CT molecular complexity index is 437. The highest BCUT2D eigenvalue weighted by molar-refractivity contribution is 5.78. The lowest BCUT2D eigenvalue weighted by atomic mass is 10.1. The van der Waals surface area contributed by atoms with Crippen LogP contribution in [0.1, 0.15) is 24.5 Å². The van der Waals surface area contributed by atoms with Gasteiger partial charge in [0.25, 0.3) is 0 Å². The number of carbonyl (C=O) groups is 1. The maximum absolute atomic E-state index is 13.4. The second kappa shape index (κ2) is 4.79. The number of β-amino-alcohol motifs (C(OH)–C–C–N with tert-alkyl or cyclic N) is 1. The van der Waals surface area contributed by atoms with Crippen LogP contribution in [0.3, 0.4) is 0 Å². The summed E-state index contributed by atoms with van der Waals surface area (Å²) in [5.41, 5.74) is -0.107. The van der Waals surface area contributed by atoms with E-state index >= 15 is 0 Å². The molecule has 1 fully saturated rings. The molecule has 2 rings (SSSR count). The Morgan fingerprint density at radius 3 is 2.82 bits per heavy atom. The van der Waals surface area contributed by atoms with Crippen LogP contribution in [-0.2, 0) is 4.79 Å². The lowest BCUT2D eigenvalue weighted by molar-refractivity contribution is -0.128. The summed E-state index contributed by atoms with van der Waals surface area (Å²) in [6, 6.07) is 3.65. The van der Waals surface area contributed by atoms with E-state index in [2.05, 4.69) is 0 Å². The molecule has 1 unspecified atom stereocenters. The van der Waals surface area contributed by atoms with Crippen LogP contribution >= 0.6 is 0 Å². The number of carbonyl (C=O) groups excluding carboxylic acids is 1. The first-order chi connectivity index (χ1) is 8.09. The Kier molecular flexibility index (Phi) is 3.38. The molecule has 5 heteroatoms. The predicted molar refractivity (Wildman–Crippen MR) is 57.1 cm³/mol. The molecule has 1 saturated heterocycles. The lowest BCUT2D eigenvalue weighted by Crippen LogP contribution is -2.30. The van der Waals surface area contributed by atoms with Crippen LogP contribution < -0.4 is 0 Å². The molecule has 0 saturated carbocycles. The molecule has 1 aromatic rings. The molecular formula is C12H13F2NO2. The lowest BCUT2D eigenvalue weighted by Gasteiger charge is -2.20. The smallest absolute Gasteiger partial charge is 0.222 e. The van der Waals surface area contributed by atoms with Gasteiger partial charge in [-0.2, -0.15) is 0 Å². The zero-order valence-electron chi connectivity index (χ0n) is 9.20. The molecule has 0 spiro atoms. The van der Waals surface area contributed by atoms with E-state index in [-0.39, 0.29) is 18.0 Å². The Morgan fingerprint density at radius 2 is 2.18 bits per heavy atom. The van der Waals surface area contributed by atoms with Crippen LogP contribution in [0.2, 0.25) is 0 Å². The van der Waals surface area contributed by atoms with Crippen LogP contribution in [0.5, 0.6) is 0 Å². The summed E-state index contributed by atoms with van der Waals surface area (Å²) in [7, 11) is 0. The van der Waals surface area contributed by atoms with E-state index in [4.69, 9.17) is 0 Å². The second-order valence-corrected chi connectivity index (χ2v) is 4.10. The normalized spacial score (nSPS) is 17.6. The van der Waals surface area contributed by atoms with E-state index in [0.29, 0.717) is 13.0 Å². The molecule has 0 aliphatic carbocycles. The largest absolute Gasteiger partial charge is 0.386 e. The molecule has 0 aromatic heterocycles. The van der Waals surface area contributed by atoms with E-state index in [1.165, 1.54) is 17.0 Å². The van der Waals surface area contributed by atoms with Crippen molar-refractivity contribution in [1.82, 2.24) is 4.90 Å². The highest BCUT2D eigenvalue weighted by atomic mass is 19.2. The Hall–Kier alpha value is -1.49. The number of halogens is 2. The quantitative estimate of drug-likeness (QED) is 0.873. The molecule has 1 aromatic carbocycles. The van der Waals surface area contributed by atoms with Gasteiger partial charge in [0.05, 0.1) is 12.6 Å². The number of hydrogen-bond donors (Lipinski definition) is 1. The molecule has 1 heterocycles. The third-order valence-corrected chi connectivity index (χ3v) is 2.91. The number of rotatable bonds is 3. The van der Waals surface area contributed by atoms with Gasteiger partial charge < -0.3 is 10.0 Å². The van der Waals surface area contributed by atoms with Gasteiger partial charge in [-0.15, -0.1) is 0 Å². The fraction of sp³-hybridized carbons (Fsp3) is 0.417. The van der Waals surface area contributed by atoms with Gasteiger partial charge in [-0.1, -0.05) is 12.1 Å². The van der Waals surface area contributed by atoms with E-state index in [1.807, 2.05) is 0 Å². The number of aliphatic hydroxyl groups is 1. The highest BCUT2D eigenvalue weighted by Gasteiger charge is 2.25. The SMILES string of the molecule is O=C1CCCN1CC(O)c1cccc(F)c1F. The highest BCUT2D eigenvalue weighted by Crippen LogP contribution is 2.22. The molecule has 1 aliphatic heterocycles. The van der Waals surface area contributed by atoms with Gasteiger partial charge in [0.1, 0.15) is 0 Å². The minimum absolute atomic E-state index is 0.0131. The number of likely N-dealkylation sites (tertiary alicyclic amines) is 1. The predicted octanol–water partition coefficient (Wildman–Crippen LogP) is 1.62. The topological polar surface area (TPSA) is 40.5 Å². The number of nitrogens with zero attached hydrogens (tertiary/aromatic N) is 1. The fourth-order valence-corrected chi connectivity index (χ4v) is 1.98. The van der Waals surface area contributed by atoms with Crippen LogP contribution in [-0.4, -0.2) is 29.0 Å². The monoisotopic (exact) mass is 241 g/mol. The first-order valence-corrected chi connectivity index (χ1v) is 5.49. The Morgan fingerprint density at radius 1 is 1.41 bits per heavy atom. The summed E-state index contributed by atoms with van der Waals surface area (Å²) in [5.74, 6) is -2.10. The minimum Gasteiger partial charge on any atom is -0.386 e. The van der Waals surface area contributed by atoms with Gasteiger partial charge in [-0.25, -0.2) is 8.78 Å². The molecule has 92 valence electrons. The molecule has 1 aliphatic rings. The van der Waals surface area contributed by atoms with E-state index in [1.54, 1.807) is 0 Å². The van der Waals surface area contributed by atoms with Gasteiger partial charge in [-0.05, 0) is 12.5 Å². The van der Waals surface area contributed by atoms with Crippen molar-refractivity contribution >= 4 is 5.91 Å². The van der Waals surface area contributed by atoms with Crippen molar-refractivity contribution in [2.75, 3.05) is 13.1 Å². The van der Waals surface area contributed by atoms with Crippen LogP contribution in [0.15, 0.2) is 18.2 Å². The summed E-state index contributed by atoms with van der Waals surface area (Å²) >= 11 is 0. The van der Waals surface area contributed by atoms with Crippen LogP contribution in [0.4, 0.5) is 8.78 Å². The molecule has 0 bridgehead atoms. The molecule has 1 N–H and O–H groups in total. The number of aliphatic hydroxyl groups excluding tert-OH is 1. The van der Waals surface area contributed by atoms with Gasteiger partial charge >= 0.3 is 0 Å². The molecule has 17 heavy (non-hydrogen) atoms. The van der Waals surface area contributed by atoms with Crippen LogP contribution in [0, 0.1) is 11.6 Å². The average molecular weight is 241 g/mol. The Balaban J connectivity index is 2.11. The first kappa shape index (κ1) is 12.0. The molecular weight excluding hydrogens is 228 g/mol. The van der Waals surface area contributed by atoms with Crippen molar-refractivity contribution in [3.05, 3.63) is 35.4 Å². The summed E-state index contributed by atoms with van der Waals surface area (Å²) in [4.78, 5) is 12.8. The van der Waals surface area contributed by atoms with Crippen molar-refractivity contribution in [1.29, 1.82) is 0 Å². The Labute approximate surface area is 97.7 Å². The first-order valence-electron chi connectivity index (χ1n) is 5.49. The van der Waals surface area contributed by atoms with Gasteiger partial charge in [0.15, 0.2) is 11.6 Å². The second-order valence-electron chi connectivity index (χ2n) is 4.10.